The van der Waals surface area contributed by atoms with Gasteiger partial charge < -0.3 is 15.0 Å². The van der Waals surface area contributed by atoms with Gasteiger partial charge in [-0.3, -0.25) is 0 Å². The Labute approximate surface area is 95.8 Å². The highest BCUT2D eigenvalue weighted by Gasteiger charge is 2.10. The number of nitrogens with two attached hydrogens (primary N) is 1. The van der Waals surface area contributed by atoms with Crippen LogP contribution in [0.3, 0.4) is 0 Å². The average Bonchev–Trinajstić information content (AvgIpc) is 2.57. The molecule has 2 rings (SSSR count). The summed E-state index contributed by atoms with van der Waals surface area (Å²) in [5.41, 5.74) is 9.03. The van der Waals surface area contributed by atoms with Crippen molar-refractivity contribution in [2.75, 3.05) is 12.8 Å². The van der Waals surface area contributed by atoms with Crippen molar-refractivity contribution >= 4 is 16.6 Å². The fraction of sp³-hybridized carbons (Fsp3) is 0.385. The molecule has 0 aliphatic rings. The number of hydrogen-bond donors (Lipinski definition) is 1. The lowest BCUT2D eigenvalue weighted by Crippen LogP contribution is -1.98. The molecule has 0 amide bonds. The third-order valence-electron chi connectivity index (χ3n) is 2.80. The minimum atomic E-state index is 0.426. The zero-order valence-corrected chi connectivity index (χ0v) is 10.0. The second kappa shape index (κ2) is 4.18. The van der Waals surface area contributed by atoms with Gasteiger partial charge in [0.05, 0.1) is 12.1 Å². The van der Waals surface area contributed by atoms with Gasteiger partial charge in [0.25, 0.3) is 0 Å². The second-order valence-corrected chi connectivity index (χ2v) is 4.36. The molecule has 3 heteroatoms. The van der Waals surface area contributed by atoms with E-state index in [2.05, 4.69) is 30.7 Å². The minimum Gasteiger partial charge on any atom is -0.399 e. The molecule has 1 aromatic heterocycles. The number of ether oxygens (including phenoxy) is 1. The molecule has 2 aromatic rings. The largest absolute Gasteiger partial charge is 0.399 e. The Balaban J connectivity index is 2.66. The van der Waals surface area contributed by atoms with Crippen LogP contribution >= 0.6 is 0 Å². The molecule has 1 heterocycles. The van der Waals surface area contributed by atoms with Gasteiger partial charge >= 0.3 is 0 Å². The number of rotatable bonds is 3. The first-order valence-corrected chi connectivity index (χ1v) is 5.51. The summed E-state index contributed by atoms with van der Waals surface area (Å²) in [5.74, 6) is 0. The number of nitrogens with zero attached hydrogens (tertiary/aromatic N) is 1. The zero-order chi connectivity index (χ0) is 11.7. The van der Waals surface area contributed by atoms with Crippen LogP contribution in [0.5, 0.6) is 0 Å². The van der Waals surface area contributed by atoms with Crippen molar-refractivity contribution in [3.05, 3.63) is 30.0 Å². The summed E-state index contributed by atoms with van der Waals surface area (Å²) >= 11 is 0. The quantitative estimate of drug-likeness (QED) is 0.804. The zero-order valence-electron chi connectivity index (χ0n) is 10.0. The molecule has 2 N–H and O–H groups in total. The predicted octanol–water partition coefficient (Wildman–Crippen LogP) is 2.95. The third-order valence-corrected chi connectivity index (χ3v) is 2.80. The molecule has 0 aliphatic heterocycles. The van der Waals surface area contributed by atoms with E-state index < -0.39 is 0 Å². The molecule has 0 aliphatic carbocycles. The van der Waals surface area contributed by atoms with Crippen LogP contribution in [-0.2, 0) is 11.3 Å². The minimum absolute atomic E-state index is 0.426. The van der Waals surface area contributed by atoms with Gasteiger partial charge in [-0.15, -0.1) is 0 Å². The maximum absolute atomic E-state index is 5.83. The number of anilines is 1. The number of fused-ring (bicyclic) bond motifs is 1. The van der Waals surface area contributed by atoms with E-state index in [1.54, 1.807) is 7.11 Å². The molecule has 0 unspecified atom stereocenters. The highest BCUT2D eigenvalue weighted by Crippen LogP contribution is 2.26. The third kappa shape index (κ3) is 1.78. The van der Waals surface area contributed by atoms with Crippen molar-refractivity contribution in [2.45, 2.75) is 26.5 Å². The number of nitrogen functional groups attached to an aromatic ring is 1. The van der Waals surface area contributed by atoms with Crippen LogP contribution in [0, 0.1) is 0 Å². The van der Waals surface area contributed by atoms with Crippen LogP contribution in [0.4, 0.5) is 5.69 Å². The van der Waals surface area contributed by atoms with Crippen molar-refractivity contribution in [3.8, 4) is 0 Å². The molecular formula is C13H18N2O. The molecule has 86 valence electrons. The number of aromatic nitrogens is 1. The lowest BCUT2D eigenvalue weighted by Gasteiger charge is -2.09. The van der Waals surface area contributed by atoms with Crippen LogP contribution in [0.1, 0.15) is 25.5 Å². The van der Waals surface area contributed by atoms with Crippen molar-refractivity contribution < 1.29 is 4.74 Å². The fourth-order valence-electron chi connectivity index (χ4n) is 2.04. The lowest BCUT2D eigenvalue weighted by molar-refractivity contribution is 0.185. The van der Waals surface area contributed by atoms with Gasteiger partial charge in [-0.25, -0.2) is 0 Å². The first kappa shape index (κ1) is 11.0. The summed E-state index contributed by atoms with van der Waals surface area (Å²) in [6.45, 7) is 4.97. The van der Waals surface area contributed by atoms with E-state index in [4.69, 9.17) is 10.5 Å². The summed E-state index contributed by atoms with van der Waals surface area (Å²) in [4.78, 5) is 0. The molecule has 3 nitrogen and oxygen atoms in total. The molecular weight excluding hydrogens is 200 g/mol. The summed E-state index contributed by atoms with van der Waals surface area (Å²) in [7, 11) is 1.72. The molecule has 0 atom stereocenters. The van der Waals surface area contributed by atoms with Crippen molar-refractivity contribution in [2.24, 2.45) is 0 Å². The van der Waals surface area contributed by atoms with Gasteiger partial charge in [0, 0.05) is 36.0 Å². The van der Waals surface area contributed by atoms with Gasteiger partial charge in [0.2, 0.25) is 0 Å². The van der Waals surface area contributed by atoms with E-state index in [-0.39, 0.29) is 0 Å². The van der Waals surface area contributed by atoms with E-state index in [0.29, 0.717) is 12.6 Å². The Morgan fingerprint density at radius 2 is 2.12 bits per heavy atom. The van der Waals surface area contributed by atoms with Crippen LogP contribution < -0.4 is 5.73 Å². The SMILES string of the molecule is COCc1cn(C(C)C)c2cc(N)ccc12. The first-order valence-electron chi connectivity index (χ1n) is 5.51. The van der Waals surface area contributed by atoms with Crippen molar-refractivity contribution in [3.63, 3.8) is 0 Å². The maximum atomic E-state index is 5.83. The molecule has 0 saturated carbocycles. The molecule has 0 radical (unpaired) electrons. The van der Waals surface area contributed by atoms with Crippen molar-refractivity contribution in [1.82, 2.24) is 4.57 Å². The van der Waals surface area contributed by atoms with Crippen LogP contribution in [0.25, 0.3) is 10.9 Å². The predicted molar refractivity (Wildman–Crippen MR) is 67.4 cm³/mol. The molecule has 0 saturated heterocycles. The highest BCUT2D eigenvalue weighted by molar-refractivity contribution is 5.86. The summed E-state index contributed by atoms with van der Waals surface area (Å²) in [6, 6.07) is 6.45. The second-order valence-electron chi connectivity index (χ2n) is 4.36. The van der Waals surface area contributed by atoms with Gasteiger partial charge in [-0.2, -0.15) is 0 Å². The Kier molecular flexibility index (Phi) is 2.88. The standard InChI is InChI=1S/C13H18N2O/c1-9(2)15-7-10(8-16-3)12-5-4-11(14)6-13(12)15/h4-7,9H,8,14H2,1-3H3. The highest BCUT2D eigenvalue weighted by atomic mass is 16.5. The smallest absolute Gasteiger partial charge is 0.0733 e. The van der Waals surface area contributed by atoms with Gasteiger partial charge in [0.1, 0.15) is 0 Å². The van der Waals surface area contributed by atoms with Crippen molar-refractivity contribution in [1.29, 1.82) is 0 Å². The molecule has 1 aromatic carbocycles. The Bertz CT molecular complexity index is 500. The van der Waals surface area contributed by atoms with Gasteiger partial charge in [0.15, 0.2) is 0 Å². The van der Waals surface area contributed by atoms with Gasteiger partial charge in [-0.1, -0.05) is 6.07 Å². The topological polar surface area (TPSA) is 40.2 Å². The normalized spacial score (nSPS) is 11.5. The number of hydrogen-bond acceptors (Lipinski definition) is 2. The molecule has 0 bridgehead atoms. The van der Waals surface area contributed by atoms with E-state index in [9.17, 15) is 0 Å². The Morgan fingerprint density at radius 3 is 2.75 bits per heavy atom. The van der Waals surface area contributed by atoms with E-state index >= 15 is 0 Å². The Morgan fingerprint density at radius 1 is 1.38 bits per heavy atom. The van der Waals surface area contributed by atoms with E-state index in [1.165, 1.54) is 16.5 Å². The monoisotopic (exact) mass is 218 g/mol. The lowest BCUT2D eigenvalue weighted by atomic mass is 10.1. The van der Waals surface area contributed by atoms with E-state index in [1.807, 2.05) is 12.1 Å². The maximum Gasteiger partial charge on any atom is 0.0733 e. The number of benzene rings is 1. The van der Waals surface area contributed by atoms with Crippen LogP contribution in [0.2, 0.25) is 0 Å². The molecule has 16 heavy (non-hydrogen) atoms. The molecule has 0 fully saturated rings. The first-order chi connectivity index (χ1) is 7.63. The van der Waals surface area contributed by atoms with Crippen LogP contribution in [-0.4, -0.2) is 11.7 Å². The average molecular weight is 218 g/mol. The Hall–Kier alpha value is -1.48. The van der Waals surface area contributed by atoms with E-state index in [0.717, 1.165) is 5.69 Å². The van der Waals surface area contributed by atoms with Crippen LogP contribution in [0.15, 0.2) is 24.4 Å². The molecule has 0 spiro atoms. The summed E-state index contributed by atoms with van der Waals surface area (Å²) < 4.78 is 7.45. The summed E-state index contributed by atoms with van der Waals surface area (Å²) in [6.07, 6.45) is 2.15. The number of methoxy groups -OCH3 is 1. The summed E-state index contributed by atoms with van der Waals surface area (Å²) in [5, 5.41) is 1.23. The fourth-order valence-corrected chi connectivity index (χ4v) is 2.04. The van der Waals surface area contributed by atoms with Gasteiger partial charge in [-0.05, 0) is 26.0 Å².